The van der Waals surface area contributed by atoms with Crippen molar-refractivity contribution in [3.8, 4) is 17.1 Å². The lowest BCUT2D eigenvalue weighted by Crippen LogP contribution is -2.26. The summed E-state index contributed by atoms with van der Waals surface area (Å²) in [4.78, 5) is 15.9. The highest BCUT2D eigenvalue weighted by Crippen LogP contribution is 2.31. The number of amides is 1. The van der Waals surface area contributed by atoms with Crippen molar-refractivity contribution < 1.29 is 27.2 Å². The number of nitrogens with zero attached hydrogens (tertiary/aromatic N) is 3. The number of fused-ring (bicyclic) bond motifs is 1. The molecule has 0 saturated heterocycles. The number of halogens is 3. The van der Waals surface area contributed by atoms with Gasteiger partial charge in [0.15, 0.2) is 0 Å². The van der Waals surface area contributed by atoms with Crippen LogP contribution in [0.25, 0.3) is 22.3 Å². The summed E-state index contributed by atoms with van der Waals surface area (Å²) >= 11 is 0. The third-order valence-corrected chi connectivity index (χ3v) is 4.97. The quantitative estimate of drug-likeness (QED) is 0.478. The number of aryl methyl sites for hydroxylation is 1. The van der Waals surface area contributed by atoms with E-state index in [9.17, 15) is 18.0 Å². The van der Waals surface area contributed by atoms with E-state index in [1.54, 1.807) is 29.9 Å². The van der Waals surface area contributed by atoms with Crippen molar-refractivity contribution >= 4 is 16.8 Å². The Kier molecular flexibility index (Phi) is 5.60. The van der Waals surface area contributed by atoms with E-state index in [4.69, 9.17) is 4.74 Å². The van der Waals surface area contributed by atoms with Crippen LogP contribution in [0, 0.1) is 6.92 Å². The molecular formula is C22H19F3N4O3. The molecule has 166 valence electrons. The van der Waals surface area contributed by atoms with Crippen LogP contribution in [0.2, 0.25) is 0 Å². The number of aromatic nitrogens is 3. The van der Waals surface area contributed by atoms with Crippen LogP contribution in [0.3, 0.4) is 0 Å². The predicted molar refractivity (Wildman–Crippen MR) is 110 cm³/mol. The van der Waals surface area contributed by atoms with Gasteiger partial charge in [-0.15, -0.1) is 0 Å². The third-order valence-electron chi connectivity index (χ3n) is 4.97. The average Bonchev–Trinajstić information content (AvgIpc) is 3.38. The number of benzene rings is 2. The Morgan fingerprint density at radius 2 is 1.94 bits per heavy atom. The number of hydrogen-bond acceptors (Lipinski definition) is 5. The highest BCUT2D eigenvalue weighted by molar-refractivity contribution is 5.89. The van der Waals surface area contributed by atoms with E-state index in [-0.39, 0.29) is 18.3 Å². The Morgan fingerprint density at radius 1 is 1.19 bits per heavy atom. The molecule has 4 rings (SSSR count). The molecule has 0 bridgehead atoms. The second kappa shape index (κ2) is 8.37. The molecule has 0 aliphatic carbocycles. The van der Waals surface area contributed by atoms with Gasteiger partial charge in [0.2, 0.25) is 11.7 Å². The Bertz CT molecular complexity index is 1260. The summed E-state index contributed by atoms with van der Waals surface area (Å²) in [6.45, 7) is 2.29. The minimum atomic E-state index is -4.71. The van der Waals surface area contributed by atoms with Crippen molar-refractivity contribution in [3.63, 3.8) is 0 Å². The second-order valence-electron chi connectivity index (χ2n) is 7.22. The lowest BCUT2D eigenvalue weighted by atomic mass is 10.1. The fourth-order valence-electron chi connectivity index (χ4n) is 3.36. The highest BCUT2D eigenvalue weighted by atomic mass is 19.4. The summed E-state index contributed by atoms with van der Waals surface area (Å²) in [6, 6.07) is 12.4. The smallest absolute Gasteiger partial charge is 0.471 e. The van der Waals surface area contributed by atoms with Crippen LogP contribution in [0.5, 0.6) is 5.75 Å². The zero-order valence-corrected chi connectivity index (χ0v) is 17.2. The van der Waals surface area contributed by atoms with Crippen LogP contribution in [-0.2, 0) is 24.1 Å². The molecule has 0 aliphatic heterocycles. The second-order valence-corrected chi connectivity index (χ2v) is 7.22. The van der Waals surface area contributed by atoms with Gasteiger partial charge in [0.05, 0.1) is 7.11 Å². The molecule has 7 nitrogen and oxygen atoms in total. The predicted octanol–water partition coefficient (Wildman–Crippen LogP) is 4.34. The van der Waals surface area contributed by atoms with E-state index in [0.29, 0.717) is 17.6 Å². The van der Waals surface area contributed by atoms with Gasteiger partial charge >= 0.3 is 12.1 Å². The first-order valence-electron chi connectivity index (χ1n) is 9.65. The summed E-state index contributed by atoms with van der Waals surface area (Å²) in [5, 5.41) is 7.16. The van der Waals surface area contributed by atoms with E-state index < -0.39 is 12.1 Å². The zero-order chi connectivity index (χ0) is 22.9. The van der Waals surface area contributed by atoms with Gasteiger partial charge in [0.1, 0.15) is 12.3 Å². The number of carbonyl (C=O) groups excluding carboxylic acids is 1. The lowest BCUT2D eigenvalue weighted by molar-refractivity contribution is -0.159. The van der Waals surface area contributed by atoms with E-state index in [0.717, 1.165) is 22.3 Å². The molecule has 0 fully saturated rings. The van der Waals surface area contributed by atoms with Crippen LogP contribution in [0.4, 0.5) is 13.2 Å². The van der Waals surface area contributed by atoms with Crippen molar-refractivity contribution in [1.29, 1.82) is 0 Å². The Labute approximate surface area is 180 Å². The number of carbonyl (C=O) groups is 1. The van der Waals surface area contributed by atoms with Crippen LogP contribution in [0.1, 0.15) is 17.0 Å². The molecular weight excluding hydrogens is 425 g/mol. The molecule has 32 heavy (non-hydrogen) atoms. The van der Waals surface area contributed by atoms with Gasteiger partial charge in [-0.3, -0.25) is 4.79 Å². The number of nitrogens with one attached hydrogen (secondary N) is 1. The number of hydrogen-bond donors (Lipinski definition) is 1. The summed E-state index contributed by atoms with van der Waals surface area (Å²) in [5.74, 6) is -1.05. The summed E-state index contributed by atoms with van der Waals surface area (Å²) in [7, 11) is 1.58. The third kappa shape index (κ3) is 4.43. The molecule has 2 heterocycles. The van der Waals surface area contributed by atoms with Gasteiger partial charge in [-0.25, -0.2) is 0 Å². The van der Waals surface area contributed by atoms with Gasteiger partial charge in [-0.1, -0.05) is 29.4 Å². The first kappa shape index (κ1) is 21.4. The maximum atomic E-state index is 12.8. The number of methoxy groups -OCH3 is 1. The van der Waals surface area contributed by atoms with Crippen molar-refractivity contribution in [2.75, 3.05) is 7.11 Å². The zero-order valence-electron chi connectivity index (χ0n) is 17.2. The SMILES string of the molecule is COc1ccc(CNC(=O)Cn2cc(C)c3ccc(-c4noc(C(F)(F)F)n4)cc32)cc1. The first-order valence-corrected chi connectivity index (χ1v) is 9.65. The van der Waals surface area contributed by atoms with Gasteiger partial charge in [-0.05, 0) is 36.2 Å². The fraction of sp³-hybridized carbons (Fsp3) is 0.227. The van der Waals surface area contributed by atoms with Crippen molar-refractivity contribution in [3.05, 3.63) is 65.7 Å². The molecule has 10 heteroatoms. The summed E-state index contributed by atoms with van der Waals surface area (Å²) in [6.07, 6.45) is -2.90. The summed E-state index contributed by atoms with van der Waals surface area (Å²) < 4.78 is 49.5. The van der Waals surface area contributed by atoms with Crippen LogP contribution < -0.4 is 10.1 Å². The maximum Gasteiger partial charge on any atom is 0.471 e. The molecule has 4 aromatic rings. The topological polar surface area (TPSA) is 82.2 Å². The number of alkyl halides is 3. The fourth-order valence-corrected chi connectivity index (χ4v) is 3.36. The molecule has 1 amide bonds. The Balaban J connectivity index is 1.52. The molecule has 2 aromatic heterocycles. The van der Waals surface area contributed by atoms with E-state index >= 15 is 0 Å². The highest BCUT2D eigenvalue weighted by Gasteiger charge is 2.38. The minimum absolute atomic E-state index is 0.0456. The van der Waals surface area contributed by atoms with Crippen LogP contribution >= 0.6 is 0 Å². The molecule has 0 saturated carbocycles. The molecule has 1 N–H and O–H groups in total. The maximum absolute atomic E-state index is 12.8. The minimum Gasteiger partial charge on any atom is -0.497 e. The molecule has 0 unspecified atom stereocenters. The largest absolute Gasteiger partial charge is 0.497 e. The molecule has 0 spiro atoms. The van der Waals surface area contributed by atoms with E-state index in [2.05, 4.69) is 20.0 Å². The first-order chi connectivity index (χ1) is 15.2. The van der Waals surface area contributed by atoms with Gasteiger partial charge in [0, 0.05) is 29.2 Å². The number of rotatable bonds is 6. The summed E-state index contributed by atoms with van der Waals surface area (Å²) in [5.41, 5.74) is 2.89. The molecule has 0 radical (unpaired) electrons. The van der Waals surface area contributed by atoms with Crippen LogP contribution in [0.15, 0.2) is 53.2 Å². The standard InChI is InChI=1S/C22H19F3N4O3/c1-13-11-29(12-19(30)26-10-14-3-6-16(31-2)7-4-14)18-9-15(5-8-17(13)18)20-27-21(32-28-20)22(23,24)25/h3-9,11H,10,12H2,1-2H3,(H,26,30). The Hall–Kier alpha value is -3.82. The molecule has 0 aliphatic rings. The molecule has 0 atom stereocenters. The van der Waals surface area contributed by atoms with Gasteiger partial charge < -0.3 is 19.1 Å². The lowest BCUT2D eigenvalue weighted by Gasteiger charge is -2.08. The van der Waals surface area contributed by atoms with Crippen molar-refractivity contribution in [2.45, 2.75) is 26.2 Å². The van der Waals surface area contributed by atoms with Crippen molar-refractivity contribution in [2.24, 2.45) is 0 Å². The average molecular weight is 444 g/mol. The van der Waals surface area contributed by atoms with Gasteiger partial charge in [0.25, 0.3) is 0 Å². The number of ether oxygens (including phenoxy) is 1. The van der Waals surface area contributed by atoms with E-state index in [1.165, 1.54) is 0 Å². The molecule has 2 aromatic carbocycles. The van der Waals surface area contributed by atoms with Crippen molar-refractivity contribution in [1.82, 2.24) is 20.0 Å². The monoisotopic (exact) mass is 444 g/mol. The normalized spacial score (nSPS) is 11.7. The van der Waals surface area contributed by atoms with Crippen LogP contribution in [-0.4, -0.2) is 27.7 Å². The van der Waals surface area contributed by atoms with E-state index in [1.807, 2.05) is 37.4 Å². The van der Waals surface area contributed by atoms with Gasteiger partial charge in [-0.2, -0.15) is 18.2 Å². The Morgan fingerprint density at radius 3 is 2.59 bits per heavy atom.